The number of fused-ring (bicyclic) bond motifs is 1. The maximum atomic E-state index is 13.7. The van der Waals surface area contributed by atoms with E-state index in [0.717, 1.165) is 0 Å². The van der Waals surface area contributed by atoms with Crippen LogP contribution in [-0.4, -0.2) is 60.3 Å². The summed E-state index contributed by atoms with van der Waals surface area (Å²) >= 11 is 6.23. The highest BCUT2D eigenvalue weighted by molar-refractivity contribution is 6.34. The molecule has 1 amide bonds. The zero-order chi connectivity index (χ0) is 19.8. The molecule has 1 unspecified atom stereocenters. The highest BCUT2D eigenvalue weighted by Crippen LogP contribution is 2.38. The molecule has 2 aliphatic heterocycles. The number of rotatable bonds is 1. The number of morpholine rings is 1. The van der Waals surface area contributed by atoms with Gasteiger partial charge in [-0.15, -0.1) is 0 Å². The average Bonchev–Trinajstić information content (AvgIpc) is 2.60. The number of nitrogens with zero attached hydrogens (tertiary/aromatic N) is 3. The number of amides is 1. The first kappa shape index (κ1) is 19.9. The Kier molecular flexibility index (Phi) is 5.61. The second-order valence-electron chi connectivity index (χ2n) is 7.81. The first-order valence-corrected chi connectivity index (χ1v) is 9.26. The van der Waals surface area contributed by atoms with Crippen LogP contribution in [0.2, 0.25) is 5.02 Å². The highest BCUT2D eigenvalue weighted by Gasteiger charge is 2.37. The van der Waals surface area contributed by atoms with Crippen LogP contribution in [0.25, 0.3) is 4.85 Å². The molecule has 2 heterocycles. The number of ether oxygens (including phenoxy) is 2. The normalized spacial score (nSPS) is 23.5. The Morgan fingerprint density at radius 1 is 1.37 bits per heavy atom. The first-order valence-electron chi connectivity index (χ1n) is 8.88. The predicted molar refractivity (Wildman–Crippen MR) is 99.5 cm³/mol. The fraction of sp³-hybridized carbons (Fsp3) is 0.579. The predicted octanol–water partition coefficient (Wildman–Crippen LogP) is 4.02. The number of carbonyl (C=O) groups excluding carboxylic acids is 1. The summed E-state index contributed by atoms with van der Waals surface area (Å²) in [6, 6.07) is 2.90. The van der Waals surface area contributed by atoms with Gasteiger partial charge < -0.3 is 14.4 Å². The molecule has 0 N–H and O–H groups in total. The Morgan fingerprint density at radius 2 is 2.11 bits per heavy atom. The van der Waals surface area contributed by atoms with E-state index in [0.29, 0.717) is 38.3 Å². The van der Waals surface area contributed by atoms with Crippen LogP contribution in [0.15, 0.2) is 12.1 Å². The van der Waals surface area contributed by atoms with E-state index in [4.69, 9.17) is 27.6 Å². The van der Waals surface area contributed by atoms with Gasteiger partial charge in [0.1, 0.15) is 11.4 Å². The smallest absolute Gasteiger partial charge is 0.410 e. The summed E-state index contributed by atoms with van der Waals surface area (Å²) in [5.41, 5.74) is -0.0748. The number of halogens is 2. The van der Waals surface area contributed by atoms with Gasteiger partial charge in [-0.05, 0) is 32.4 Å². The van der Waals surface area contributed by atoms with Gasteiger partial charge in [0.15, 0.2) is 0 Å². The quantitative estimate of drug-likeness (QED) is 0.674. The molecule has 0 radical (unpaired) electrons. The van der Waals surface area contributed by atoms with Crippen LogP contribution in [-0.2, 0) is 9.47 Å². The molecule has 1 aromatic rings. The molecule has 146 valence electrons. The Bertz CT molecular complexity index is 775. The van der Waals surface area contributed by atoms with Crippen LogP contribution >= 0.6 is 11.6 Å². The topological polar surface area (TPSA) is 46.4 Å². The fourth-order valence-electron chi connectivity index (χ4n) is 3.37. The summed E-state index contributed by atoms with van der Waals surface area (Å²) in [5.74, 6) is -0.626. The maximum absolute atomic E-state index is 13.7. The van der Waals surface area contributed by atoms with Gasteiger partial charge in [-0.3, -0.25) is 4.90 Å². The number of benzene rings is 1. The minimum absolute atomic E-state index is 0.0714. The third-order valence-corrected chi connectivity index (χ3v) is 5.10. The largest absolute Gasteiger partial charge is 0.444 e. The van der Waals surface area contributed by atoms with Gasteiger partial charge >= 0.3 is 6.09 Å². The van der Waals surface area contributed by atoms with Crippen molar-refractivity contribution in [1.29, 1.82) is 0 Å². The molecule has 0 aliphatic carbocycles. The van der Waals surface area contributed by atoms with Crippen molar-refractivity contribution in [3.05, 3.63) is 40.0 Å². The van der Waals surface area contributed by atoms with E-state index >= 15 is 0 Å². The molecule has 2 aliphatic rings. The highest BCUT2D eigenvalue weighted by atomic mass is 35.5. The van der Waals surface area contributed by atoms with Crippen LogP contribution in [0.4, 0.5) is 14.9 Å². The molecule has 1 aromatic carbocycles. The standard InChI is InChI=1S/C19H23ClFN3O3/c1-19(2,3)27-18(25)24-8-7-23-10-15(26-11-12(23)9-24)13-5-6-14(21)17(22-4)16(13)20/h5-6,12,15H,7-11H2,1-3H3/t12?,15-/m0/s1. The molecule has 8 heteroatoms. The van der Waals surface area contributed by atoms with E-state index in [1.54, 1.807) is 11.0 Å². The van der Waals surface area contributed by atoms with Crippen LogP contribution in [0.3, 0.4) is 0 Å². The van der Waals surface area contributed by atoms with E-state index in [2.05, 4.69) is 9.74 Å². The second-order valence-corrected chi connectivity index (χ2v) is 8.19. The molecule has 3 rings (SSSR count). The van der Waals surface area contributed by atoms with E-state index in [1.165, 1.54) is 6.07 Å². The molecule has 0 spiro atoms. The Balaban J connectivity index is 1.67. The summed E-state index contributed by atoms with van der Waals surface area (Å²) in [5, 5.41) is 0.112. The van der Waals surface area contributed by atoms with Crippen molar-refractivity contribution < 1.29 is 18.7 Å². The van der Waals surface area contributed by atoms with Crippen LogP contribution < -0.4 is 0 Å². The van der Waals surface area contributed by atoms with Crippen molar-refractivity contribution >= 4 is 23.4 Å². The zero-order valence-corrected chi connectivity index (χ0v) is 16.4. The van der Waals surface area contributed by atoms with E-state index in [9.17, 15) is 9.18 Å². The molecule has 6 nitrogen and oxygen atoms in total. The third-order valence-electron chi connectivity index (χ3n) is 4.70. The van der Waals surface area contributed by atoms with Gasteiger partial charge in [0, 0.05) is 26.2 Å². The lowest BCUT2D eigenvalue weighted by atomic mass is 10.0. The minimum Gasteiger partial charge on any atom is -0.444 e. The second kappa shape index (κ2) is 7.63. The van der Waals surface area contributed by atoms with Crippen LogP contribution in [0.5, 0.6) is 0 Å². The van der Waals surface area contributed by atoms with Crippen molar-refractivity contribution in [3.63, 3.8) is 0 Å². The molecule has 2 fully saturated rings. The molecule has 0 bridgehead atoms. The molecule has 2 atom stereocenters. The van der Waals surface area contributed by atoms with Gasteiger partial charge in [-0.1, -0.05) is 17.7 Å². The van der Waals surface area contributed by atoms with Crippen LogP contribution in [0.1, 0.15) is 32.4 Å². The van der Waals surface area contributed by atoms with Gasteiger partial charge in [0.05, 0.1) is 30.3 Å². The monoisotopic (exact) mass is 395 g/mol. The first-order chi connectivity index (χ1) is 12.7. The van der Waals surface area contributed by atoms with Gasteiger partial charge in [0.2, 0.25) is 5.69 Å². The van der Waals surface area contributed by atoms with Crippen molar-refractivity contribution in [2.75, 3.05) is 32.8 Å². The van der Waals surface area contributed by atoms with Crippen molar-refractivity contribution in [2.45, 2.75) is 38.5 Å². The summed E-state index contributed by atoms with van der Waals surface area (Å²) in [6.45, 7) is 15.4. The zero-order valence-electron chi connectivity index (χ0n) is 15.7. The van der Waals surface area contributed by atoms with Gasteiger partial charge in [-0.2, -0.15) is 0 Å². The molecular weight excluding hydrogens is 373 g/mol. The third kappa shape index (κ3) is 4.34. The van der Waals surface area contributed by atoms with Crippen molar-refractivity contribution in [3.8, 4) is 0 Å². The van der Waals surface area contributed by atoms with E-state index in [-0.39, 0.29) is 28.9 Å². The van der Waals surface area contributed by atoms with Crippen LogP contribution in [0, 0.1) is 12.4 Å². The summed E-state index contributed by atoms with van der Waals surface area (Å²) in [7, 11) is 0. The van der Waals surface area contributed by atoms with Gasteiger partial charge in [-0.25, -0.2) is 14.0 Å². The number of hydrogen-bond acceptors (Lipinski definition) is 4. The fourth-order valence-corrected chi connectivity index (χ4v) is 3.69. The Hall–Kier alpha value is -1.88. The molecule has 0 saturated carbocycles. The maximum Gasteiger partial charge on any atom is 0.410 e. The summed E-state index contributed by atoms with van der Waals surface area (Å²) in [6.07, 6.45) is -0.643. The Labute approximate surface area is 163 Å². The molecule has 27 heavy (non-hydrogen) atoms. The lowest BCUT2D eigenvalue weighted by molar-refractivity contribution is -0.0906. The number of piperazine rings is 1. The van der Waals surface area contributed by atoms with E-state index < -0.39 is 11.4 Å². The molecule has 2 saturated heterocycles. The van der Waals surface area contributed by atoms with Crippen molar-refractivity contribution in [2.24, 2.45) is 0 Å². The molecule has 0 aromatic heterocycles. The van der Waals surface area contributed by atoms with Gasteiger partial charge in [0.25, 0.3) is 0 Å². The summed E-state index contributed by atoms with van der Waals surface area (Å²) < 4.78 is 25.1. The van der Waals surface area contributed by atoms with Crippen molar-refractivity contribution in [1.82, 2.24) is 9.80 Å². The minimum atomic E-state index is -0.626. The number of carbonyl (C=O) groups is 1. The average molecular weight is 396 g/mol. The van der Waals surface area contributed by atoms with E-state index in [1.807, 2.05) is 20.8 Å². The lowest BCUT2D eigenvalue weighted by Crippen LogP contribution is -2.60. The summed E-state index contributed by atoms with van der Waals surface area (Å²) in [4.78, 5) is 19.4. The Morgan fingerprint density at radius 3 is 2.78 bits per heavy atom. The SMILES string of the molecule is [C-]#[N+]c1c(F)ccc([C@@H]2CN3CCN(C(=O)OC(C)(C)C)CC3CO2)c1Cl. The molecular formula is C19H23ClFN3O3. The number of hydrogen-bond donors (Lipinski definition) is 0. The lowest BCUT2D eigenvalue weighted by Gasteiger charge is -2.46.